The van der Waals surface area contributed by atoms with Crippen molar-refractivity contribution in [2.75, 3.05) is 5.73 Å². The van der Waals surface area contributed by atoms with E-state index in [1.807, 2.05) is 30.3 Å². The van der Waals surface area contributed by atoms with E-state index in [4.69, 9.17) is 16.8 Å². The molecule has 0 bridgehead atoms. The first kappa shape index (κ1) is 13.4. The van der Waals surface area contributed by atoms with Gasteiger partial charge in [-0.15, -0.1) is 0 Å². The van der Waals surface area contributed by atoms with Crippen LogP contribution in [0.4, 0.5) is 5.69 Å². The van der Waals surface area contributed by atoms with Crippen LogP contribution in [0.3, 0.4) is 0 Å². The van der Waals surface area contributed by atoms with Crippen molar-refractivity contribution >= 4 is 16.6 Å². The quantitative estimate of drug-likeness (QED) is 0.256. The van der Waals surface area contributed by atoms with Crippen molar-refractivity contribution in [3.05, 3.63) is 52.5 Å². The maximum Gasteiger partial charge on any atom is 0.0931 e. The minimum atomic E-state index is 0. The molecule has 2 N–H and O–H groups in total. The van der Waals surface area contributed by atoms with Crippen LogP contribution in [0.25, 0.3) is 26.9 Å². The van der Waals surface area contributed by atoms with Gasteiger partial charge in [-0.05, 0) is 12.1 Å². The fourth-order valence-electron chi connectivity index (χ4n) is 1.13. The van der Waals surface area contributed by atoms with E-state index >= 15 is 0 Å². The predicted octanol–water partition coefficient (Wildman–Crippen LogP) is 2.68. The van der Waals surface area contributed by atoms with Gasteiger partial charge in [0.25, 0.3) is 0 Å². The maximum absolute atomic E-state index is 6.75. The Morgan fingerprint density at radius 2 is 1.73 bits per heavy atom. The van der Waals surface area contributed by atoms with Gasteiger partial charge in [0, 0.05) is 31.1 Å². The Hall–Kier alpha value is -1.64. The van der Waals surface area contributed by atoms with E-state index in [0.29, 0.717) is 0 Å². The molecule has 0 aliphatic heterocycles. The second kappa shape index (κ2) is 6.76. The monoisotopic (exact) mass is 250 g/mol. The molecular formula is C9H8N5Zn-. The second-order valence-corrected chi connectivity index (χ2v) is 2.51. The van der Waals surface area contributed by atoms with Gasteiger partial charge in [-0.3, -0.25) is 9.90 Å². The summed E-state index contributed by atoms with van der Waals surface area (Å²) in [6.45, 7) is 0. The average Bonchev–Trinajstić information content (AvgIpc) is 2.20. The van der Waals surface area contributed by atoms with Crippen LogP contribution in [0.5, 0.6) is 0 Å². The van der Waals surface area contributed by atoms with Crippen molar-refractivity contribution in [2.45, 2.75) is 0 Å². The minimum absolute atomic E-state index is 0. The molecule has 0 fully saturated rings. The molecule has 0 saturated heterocycles. The van der Waals surface area contributed by atoms with Gasteiger partial charge in [-0.2, -0.15) is 0 Å². The Morgan fingerprint density at radius 1 is 1.13 bits per heavy atom. The van der Waals surface area contributed by atoms with E-state index in [2.05, 4.69) is 4.98 Å². The second-order valence-electron chi connectivity index (χ2n) is 2.51. The van der Waals surface area contributed by atoms with Crippen molar-refractivity contribution in [3.8, 4) is 0 Å². The zero-order valence-corrected chi connectivity index (χ0v) is 11.0. The molecule has 1 heterocycles. The third-order valence-corrected chi connectivity index (χ3v) is 1.66. The van der Waals surface area contributed by atoms with E-state index < -0.39 is 0 Å². The van der Waals surface area contributed by atoms with E-state index in [9.17, 15) is 0 Å². The first-order chi connectivity index (χ1) is 6.79. The van der Waals surface area contributed by atoms with Crippen molar-refractivity contribution in [2.24, 2.45) is 0 Å². The Morgan fingerprint density at radius 3 is 2.33 bits per heavy atom. The number of pyridine rings is 1. The first-order valence-electron chi connectivity index (χ1n) is 3.87. The van der Waals surface area contributed by atoms with Crippen LogP contribution in [-0.2, 0) is 19.5 Å². The number of hydrogen-bond donors (Lipinski definition) is 1. The summed E-state index contributed by atoms with van der Waals surface area (Å²) in [7, 11) is 0. The molecule has 0 aliphatic carbocycles. The number of nitrogens with two attached hydrogens (primary N) is 1. The minimum Gasteiger partial charge on any atom is -0.397 e. The number of aromatic nitrogens is 1. The molecule has 0 saturated carbocycles. The summed E-state index contributed by atoms with van der Waals surface area (Å²) >= 11 is 0. The van der Waals surface area contributed by atoms with E-state index in [0.717, 1.165) is 16.6 Å². The number of nitrogens with zero attached hydrogens (tertiary/aromatic N) is 4. The summed E-state index contributed by atoms with van der Waals surface area (Å²) in [6, 6.07) is 9.69. The SMILES string of the molecule is Nc1cccc2cccnc12.[N-]=[N+]=[N-].[Zn]. The Labute approximate surface area is 99.5 Å². The largest absolute Gasteiger partial charge is 0.397 e. The smallest absolute Gasteiger partial charge is 0.0931 e. The number of hydrogen-bond acceptors (Lipinski definition) is 2. The molecule has 0 radical (unpaired) electrons. The van der Waals surface area contributed by atoms with Gasteiger partial charge in [0.1, 0.15) is 0 Å². The number of benzene rings is 1. The van der Waals surface area contributed by atoms with Crippen LogP contribution in [0.15, 0.2) is 36.5 Å². The van der Waals surface area contributed by atoms with Crippen molar-refractivity contribution in [1.29, 1.82) is 0 Å². The van der Waals surface area contributed by atoms with Crippen molar-refractivity contribution in [1.82, 2.24) is 4.98 Å². The molecule has 2 aromatic rings. The van der Waals surface area contributed by atoms with Gasteiger partial charge in [0.2, 0.25) is 0 Å². The van der Waals surface area contributed by atoms with Crippen LogP contribution in [-0.4, -0.2) is 4.98 Å². The summed E-state index contributed by atoms with van der Waals surface area (Å²) in [5, 5.41) is 1.09. The van der Waals surface area contributed by atoms with Crippen molar-refractivity contribution in [3.63, 3.8) is 0 Å². The van der Waals surface area contributed by atoms with Gasteiger partial charge in [0.05, 0.1) is 11.2 Å². The Kier molecular flexibility index (Phi) is 6.03. The zero-order chi connectivity index (χ0) is 10.4. The van der Waals surface area contributed by atoms with E-state index in [1.54, 1.807) is 6.20 Å². The fourth-order valence-corrected chi connectivity index (χ4v) is 1.13. The summed E-state index contributed by atoms with van der Waals surface area (Å²) in [6.07, 6.45) is 1.75. The molecule has 2 rings (SSSR count). The van der Waals surface area contributed by atoms with E-state index in [1.165, 1.54) is 4.91 Å². The Balaban J connectivity index is 0.000000443. The Bertz CT molecular complexity index is 460. The molecular weight excluding hydrogens is 244 g/mol. The van der Waals surface area contributed by atoms with Gasteiger partial charge in [0.15, 0.2) is 0 Å². The third-order valence-electron chi connectivity index (χ3n) is 1.66. The predicted molar refractivity (Wildman–Crippen MR) is 56.2 cm³/mol. The van der Waals surface area contributed by atoms with Gasteiger partial charge in [-0.1, -0.05) is 18.2 Å². The molecule has 0 spiro atoms. The number of rotatable bonds is 0. The summed E-state index contributed by atoms with van der Waals surface area (Å²) in [5.74, 6) is 0. The van der Waals surface area contributed by atoms with Gasteiger partial charge in [-0.25, -0.2) is 0 Å². The fraction of sp³-hybridized carbons (Fsp3) is 0. The number of fused-ring (bicyclic) bond motifs is 1. The van der Waals surface area contributed by atoms with Gasteiger partial charge < -0.3 is 16.8 Å². The molecule has 5 nitrogen and oxygen atoms in total. The number of para-hydroxylation sites is 1. The van der Waals surface area contributed by atoms with Crippen LogP contribution in [0, 0.1) is 0 Å². The van der Waals surface area contributed by atoms with Crippen molar-refractivity contribution < 1.29 is 19.5 Å². The molecule has 1 aromatic carbocycles. The number of nitrogen functional groups attached to an aromatic ring is 1. The van der Waals surface area contributed by atoms with Crippen LogP contribution >= 0.6 is 0 Å². The molecule has 72 valence electrons. The topological polar surface area (TPSA) is 97.6 Å². The number of anilines is 1. The molecule has 0 atom stereocenters. The normalized spacial score (nSPS) is 8.00. The maximum atomic E-state index is 6.75. The summed E-state index contributed by atoms with van der Waals surface area (Å²) < 4.78 is 0. The van der Waals surface area contributed by atoms with Crippen LogP contribution in [0.2, 0.25) is 0 Å². The van der Waals surface area contributed by atoms with Crippen LogP contribution < -0.4 is 5.73 Å². The summed E-state index contributed by atoms with van der Waals surface area (Å²) in [5.41, 5.74) is 20.8. The van der Waals surface area contributed by atoms with E-state index in [-0.39, 0.29) is 19.5 Å². The summed E-state index contributed by atoms with van der Waals surface area (Å²) in [4.78, 5) is 5.66. The molecule has 15 heavy (non-hydrogen) atoms. The molecule has 6 heteroatoms. The third kappa shape index (κ3) is 3.54. The molecule has 1 aromatic heterocycles. The average molecular weight is 252 g/mol. The zero-order valence-electron chi connectivity index (χ0n) is 8.04. The molecule has 0 unspecified atom stereocenters. The molecule has 0 amide bonds. The molecule has 0 aliphatic rings. The van der Waals surface area contributed by atoms with Crippen LogP contribution in [0.1, 0.15) is 0 Å². The first-order valence-corrected chi connectivity index (χ1v) is 3.87. The van der Waals surface area contributed by atoms with Gasteiger partial charge >= 0.3 is 0 Å². The standard InChI is InChI=1S/C9H8N2.N3.Zn/c10-8-5-1-3-7-4-2-6-11-9(7)8;1-3-2;/h1-6H,10H2;;/q;-1;.